The van der Waals surface area contributed by atoms with Crippen LogP contribution in [-0.4, -0.2) is 31.8 Å². The van der Waals surface area contributed by atoms with Crippen molar-refractivity contribution < 1.29 is 9.90 Å². The predicted molar refractivity (Wildman–Crippen MR) is 57.3 cm³/mol. The van der Waals surface area contributed by atoms with Crippen molar-refractivity contribution in [1.82, 2.24) is 15.0 Å². The van der Waals surface area contributed by atoms with Gasteiger partial charge in [-0.25, -0.2) is 9.97 Å². The lowest BCUT2D eigenvalue weighted by Crippen LogP contribution is -1.97. The topological polar surface area (TPSA) is 78.9 Å². The number of thioether (sulfide) groups is 1. The van der Waals surface area contributed by atoms with E-state index in [1.165, 1.54) is 0 Å². The number of H-pyrrole nitrogens is 1. The van der Waals surface area contributed by atoms with Crippen molar-refractivity contribution in [2.45, 2.75) is 5.16 Å². The van der Waals surface area contributed by atoms with Crippen LogP contribution in [-0.2, 0) is 4.79 Å². The zero-order valence-corrected chi connectivity index (χ0v) is 8.97. The number of hydrogen-bond acceptors (Lipinski definition) is 4. The minimum absolute atomic E-state index is 0.0342. The van der Waals surface area contributed by atoms with Gasteiger partial charge in [-0.3, -0.25) is 4.79 Å². The van der Waals surface area contributed by atoms with E-state index in [9.17, 15) is 4.79 Å². The summed E-state index contributed by atoms with van der Waals surface area (Å²) in [4.78, 5) is 21.4. The van der Waals surface area contributed by atoms with Gasteiger partial charge in [0.05, 0.1) is 11.3 Å². The average molecular weight is 244 g/mol. The van der Waals surface area contributed by atoms with Gasteiger partial charge in [0.1, 0.15) is 5.15 Å². The first kappa shape index (κ1) is 10.3. The normalized spacial score (nSPS) is 10.7. The predicted octanol–water partition coefficient (Wildman–Crippen LogP) is 1.79. The number of carboxylic acids is 1. The molecule has 2 N–H and O–H groups in total. The van der Waals surface area contributed by atoms with Crippen molar-refractivity contribution >= 4 is 40.5 Å². The molecule has 0 aliphatic rings. The third kappa shape index (κ3) is 2.40. The summed E-state index contributed by atoms with van der Waals surface area (Å²) in [6.07, 6.45) is 0. The second kappa shape index (κ2) is 4.08. The monoisotopic (exact) mass is 243 g/mol. The second-order valence-corrected chi connectivity index (χ2v) is 4.08. The highest BCUT2D eigenvalue weighted by atomic mass is 35.5. The van der Waals surface area contributed by atoms with Crippen LogP contribution in [0.4, 0.5) is 0 Å². The molecule has 2 heterocycles. The Balaban J connectivity index is 2.27. The number of carboxylic acid groups (broad SMARTS) is 1. The van der Waals surface area contributed by atoms with E-state index in [1.54, 1.807) is 12.1 Å². The Labute approximate surface area is 93.9 Å². The summed E-state index contributed by atoms with van der Waals surface area (Å²) < 4.78 is 0. The van der Waals surface area contributed by atoms with Gasteiger partial charge < -0.3 is 10.1 Å². The summed E-state index contributed by atoms with van der Waals surface area (Å²) in [5.41, 5.74) is 1.24. The first-order valence-electron chi connectivity index (χ1n) is 4.02. The lowest BCUT2D eigenvalue weighted by molar-refractivity contribution is -0.133. The van der Waals surface area contributed by atoms with Crippen LogP contribution in [0, 0.1) is 0 Å². The molecule has 0 radical (unpaired) electrons. The molecule has 0 amide bonds. The van der Waals surface area contributed by atoms with Gasteiger partial charge in [0, 0.05) is 0 Å². The molecule has 15 heavy (non-hydrogen) atoms. The molecule has 0 aliphatic heterocycles. The quantitative estimate of drug-likeness (QED) is 0.635. The van der Waals surface area contributed by atoms with Gasteiger partial charge in [0.2, 0.25) is 0 Å². The number of aromatic amines is 1. The van der Waals surface area contributed by atoms with E-state index in [0.29, 0.717) is 16.0 Å². The molecule has 5 nitrogen and oxygen atoms in total. The standard InChI is InChI=1S/C8H6ClN3O2S/c9-5-2-1-4-7(11-5)12-8(10-4)15-3-6(13)14/h1-2H,3H2,(H,13,14)(H,10,11,12). The van der Waals surface area contributed by atoms with E-state index < -0.39 is 5.97 Å². The number of imidazole rings is 1. The maximum Gasteiger partial charge on any atom is 0.313 e. The molecular formula is C8H6ClN3O2S. The zero-order valence-electron chi connectivity index (χ0n) is 7.40. The van der Waals surface area contributed by atoms with Crippen molar-refractivity contribution in [3.05, 3.63) is 17.3 Å². The number of nitrogens with zero attached hydrogens (tertiary/aromatic N) is 2. The minimum Gasteiger partial charge on any atom is -0.481 e. The Morgan fingerprint density at radius 1 is 1.53 bits per heavy atom. The van der Waals surface area contributed by atoms with E-state index in [4.69, 9.17) is 16.7 Å². The second-order valence-electron chi connectivity index (χ2n) is 2.73. The fraction of sp³-hybridized carbons (Fsp3) is 0.125. The van der Waals surface area contributed by atoms with Crippen molar-refractivity contribution in [3.8, 4) is 0 Å². The summed E-state index contributed by atoms with van der Waals surface area (Å²) in [5.74, 6) is -0.917. The van der Waals surface area contributed by atoms with Crippen LogP contribution >= 0.6 is 23.4 Å². The van der Waals surface area contributed by atoms with Crippen LogP contribution < -0.4 is 0 Å². The summed E-state index contributed by atoms with van der Waals surface area (Å²) in [6, 6.07) is 3.40. The molecule has 7 heteroatoms. The Bertz CT molecular complexity index is 514. The van der Waals surface area contributed by atoms with Crippen LogP contribution in [0.25, 0.3) is 11.2 Å². The Hall–Kier alpha value is -1.27. The van der Waals surface area contributed by atoms with Crippen molar-refractivity contribution in [3.63, 3.8) is 0 Å². The first-order valence-corrected chi connectivity index (χ1v) is 5.38. The molecule has 78 valence electrons. The molecule has 0 saturated heterocycles. The van der Waals surface area contributed by atoms with E-state index in [1.807, 2.05) is 0 Å². The number of fused-ring (bicyclic) bond motifs is 1. The number of aromatic nitrogens is 3. The number of pyridine rings is 1. The molecule has 0 atom stereocenters. The number of nitrogens with one attached hydrogen (secondary N) is 1. The van der Waals surface area contributed by atoms with Crippen LogP contribution in [0.5, 0.6) is 0 Å². The largest absolute Gasteiger partial charge is 0.481 e. The minimum atomic E-state index is -0.883. The number of carbonyl (C=O) groups is 1. The molecule has 0 fully saturated rings. The molecule has 0 aliphatic carbocycles. The molecule has 0 bridgehead atoms. The lowest BCUT2D eigenvalue weighted by atomic mass is 10.4. The van der Waals surface area contributed by atoms with Gasteiger partial charge >= 0.3 is 5.97 Å². The Morgan fingerprint density at radius 2 is 2.33 bits per heavy atom. The molecule has 0 saturated carbocycles. The molecule has 0 unspecified atom stereocenters. The summed E-state index contributed by atoms with van der Waals surface area (Å²) in [6.45, 7) is 0. The van der Waals surface area contributed by atoms with Gasteiger partial charge in [-0.05, 0) is 12.1 Å². The maximum atomic E-state index is 10.3. The highest BCUT2D eigenvalue weighted by molar-refractivity contribution is 7.99. The fourth-order valence-corrected chi connectivity index (χ4v) is 1.78. The molecule has 0 aromatic carbocycles. The number of aliphatic carboxylic acids is 1. The van der Waals surface area contributed by atoms with Crippen LogP contribution in [0.15, 0.2) is 17.3 Å². The molecule has 0 spiro atoms. The number of rotatable bonds is 3. The highest BCUT2D eigenvalue weighted by Gasteiger charge is 2.06. The SMILES string of the molecule is O=C(O)CSc1nc2nc(Cl)ccc2[nH]1. The maximum absolute atomic E-state index is 10.3. The van der Waals surface area contributed by atoms with Gasteiger partial charge in [0.15, 0.2) is 10.8 Å². The Morgan fingerprint density at radius 3 is 3.07 bits per heavy atom. The van der Waals surface area contributed by atoms with Crippen LogP contribution in [0.2, 0.25) is 5.15 Å². The van der Waals surface area contributed by atoms with Crippen LogP contribution in [0.3, 0.4) is 0 Å². The van der Waals surface area contributed by atoms with Crippen molar-refractivity contribution in [2.24, 2.45) is 0 Å². The summed E-state index contributed by atoms with van der Waals surface area (Å²) in [5, 5.41) is 9.39. The molecule has 2 rings (SSSR count). The molecule has 2 aromatic heterocycles. The van der Waals surface area contributed by atoms with Gasteiger partial charge in [-0.2, -0.15) is 0 Å². The first-order chi connectivity index (χ1) is 7.15. The third-order valence-corrected chi connectivity index (χ3v) is 2.69. The van der Waals surface area contributed by atoms with E-state index in [-0.39, 0.29) is 5.75 Å². The van der Waals surface area contributed by atoms with E-state index in [2.05, 4.69) is 15.0 Å². The number of halogens is 1. The lowest BCUT2D eigenvalue weighted by Gasteiger charge is -1.89. The van der Waals surface area contributed by atoms with E-state index >= 15 is 0 Å². The van der Waals surface area contributed by atoms with E-state index in [0.717, 1.165) is 17.3 Å². The molecular weight excluding hydrogens is 238 g/mol. The van der Waals surface area contributed by atoms with Gasteiger partial charge in [-0.15, -0.1) is 0 Å². The third-order valence-electron chi connectivity index (χ3n) is 1.62. The fourth-order valence-electron chi connectivity index (χ4n) is 1.05. The summed E-state index contributed by atoms with van der Waals surface area (Å²) >= 11 is 6.80. The average Bonchev–Trinajstić information content (AvgIpc) is 2.56. The summed E-state index contributed by atoms with van der Waals surface area (Å²) in [7, 11) is 0. The highest BCUT2D eigenvalue weighted by Crippen LogP contribution is 2.19. The van der Waals surface area contributed by atoms with Crippen molar-refractivity contribution in [1.29, 1.82) is 0 Å². The zero-order chi connectivity index (χ0) is 10.8. The smallest absolute Gasteiger partial charge is 0.313 e. The number of hydrogen-bond donors (Lipinski definition) is 2. The van der Waals surface area contributed by atoms with Crippen LogP contribution in [0.1, 0.15) is 0 Å². The Kier molecular flexibility index (Phi) is 2.79. The molecule has 2 aromatic rings. The van der Waals surface area contributed by atoms with Gasteiger partial charge in [0.25, 0.3) is 0 Å². The van der Waals surface area contributed by atoms with Gasteiger partial charge in [-0.1, -0.05) is 23.4 Å². The van der Waals surface area contributed by atoms with Crippen molar-refractivity contribution in [2.75, 3.05) is 5.75 Å².